The summed E-state index contributed by atoms with van der Waals surface area (Å²) in [6.07, 6.45) is 1.41. The molecule has 0 aromatic heterocycles. The number of aliphatic hydroxyl groups is 1. The molecular formula is C38H52ClN3O10S. The van der Waals surface area contributed by atoms with Crippen LogP contribution in [0.25, 0.3) is 0 Å². The number of thioether (sulfide) groups is 1. The van der Waals surface area contributed by atoms with E-state index in [0.29, 0.717) is 23.6 Å². The van der Waals surface area contributed by atoms with E-state index in [-0.39, 0.29) is 34.9 Å². The molecule has 5 rings (SSSR count). The molecule has 8 atom stereocenters. The van der Waals surface area contributed by atoms with Gasteiger partial charge in [-0.15, -0.1) is 0 Å². The summed E-state index contributed by atoms with van der Waals surface area (Å²) in [7, 11) is 6.03. The number of nitrogens with one attached hydrogen (secondary N) is 1. The maximum absolute atomic E-state index is 14.2. The van der Waals surface area contributed by atoms with Crippen molar-refractivity contribution in [2.75, 3.05) is 39.0 Å². The number of hydrogen-bond acceptors (Lipinski definition) is 11. The Morgan fingerprint density at radius 3 is 2.55 bits per heavy atom. The lowest BCUT2D eigenvalue weighted by Gasteiger charge is -2.46. The van der Waals surface area contributed by atoms with E-state index in [1.807, 2.05) is 13.0 Å². The number of methoxy groups -OCH3 is 2. The molecule has 3 saturated heterocycles. The van der Waals surface area contributed by atoms with E-state index in [1.54, 1.807) is 56.9 Å². The number of likely N-dealkylation sites (N-methyl/N-ethyl adjacent to an activating group) is 1. The van der Waals surface area contributed by atoms with Crippen molar-refractivity contribution in [2.45, 2.75) is 113 Å². The highest BCUT2D eigenvalue weighted by Gasteiger charge is 2.83. The Balaban J connectivity index is 1.61. The average Bonchev–Trinajstić information content (AvgIpc) is 3.72. The van der Waals surface area contributed by atoms with Gasteiger partial charge in [0, 0.05) is 50.5 Å². The summed E-state index contributed by atoms with van der Waals surface area (Å²) in [5, 5.41) is 14.7. The fourth-order valence-corrected chi connectivity index (χ4v) is 9.09. The van der Waals surface area contributed by atoms with Gasteiger partial charge in [-0.2, -0.15) is 11.8 Å². The van der Waals surface area contributed by atoms with Gasteiger partial charge in [-0.05, 0) is 38.0 Å². The number of hydrogen-bond donors (Lipinski definition) is 2. The first kappa shape index (κ1) is 40.9. The Morgan fingerprint density at radius 1 is 1.21 bits per heavy atom. The Labute approximate surface area is 320 Å². The second-order valence-corrected chi connectivity index (χ2v) is 17.9. The highest BCUT2D eigenvalue weighted by molar-refractivity contribution is 8.00. The van der Waals surface area contributed by atoms with Crippen LogP contribution in [-0.2, 0) is 39.8 Å². The van der Waals surface area contributed by atoms with Gasteiger partial charge in [-0.3, -0.25) is 14.9 Å². The molecule has 0 aliphatic carbocycles. The predicted octanol–water partition coefficient (Wildman–Crippen LogP) is 4.80. The standard InChI is InChI=1S/C38H52ClN3O10S/c1-21-12-11-13-27(49-10)37(47)20-26(50-34(46)40-37)22(2)38-32(42(8)29(43)14-15-53-35(3,4)5)33(45)51-28(36(38,6)52-38)19-30(44)41(7)24-17-23(16-21)18-25(48-9)31(24)39/h11-13,17-18,22,26-28,32,47H,14-16,19-20H2,1-10H3,(H,40,46)/b13-11+,21-12+/t22-,26?,27?,28+,32-,36+,37?,38-/m1/s1. The van der Waals surface area contributed by atoms with Crippen LogP contribution in [0.3, 0.4) is 0 Å². The first-order chi connectivity index (χ1) is 24.7. The van der Waals surface area contributed by atoms with Crippen molar-refractivity contribution in [3.63, 3.8) is 0 Å². The number of nitrogens with zero attached hydrogens (tertiary/aromatic N) is 2. The van der Waals surface area contributed by atoms with Crippen LogP contribution >= 0.6 is 23.4 Å². The van der Waals surface area contributed by atoms with E-state index in [0.717, 1.165) is 11.1 Å². The van der Waals surface area contributed by atoms with E-state index in [2.05, 4.69) is 26.1 Å². The Kier molecular flexibility index (Phi) is 11.6. The summed E-state index contributed by atoms with van der Waals surface area (Å²) in [6, 6.07) is 2.34. The minimum absolute atomic E-state index is 0.0715. The lowest BCUT2D eigenvalue weighted by atomic mass is 9.69. The van der Waals surface area contributed by atoms with Crippen LogP contribution in [-0.4, -0.2) is 114 Å². The molecule has 3 amide bonds. The Morgan fingerprint density at radius 2 is 1.91 bits per heavy atom. The number of epoxide rings is 1. The molecule has 13 nitrogen and oxygen atoms in total. The first-order valence-corrected chi connectivity index (χ1v) is 19.1. The number of ether oxygens (including phenoxy) is 5. The monoisotopic (exact) mass is 777 g/mol. The highest BCUT2D eigenvalue weighted by Crippen LogP contribution is 2.63. The second kappa shape index (κ2) is 15.1. The third-order valence-electron chi connectivity index (χ3n) is 10.8. The van der Waals surface area contributed by atoms with Crippen molar-refractivity contribution >= 4 is 52.9 Å². The summed E-state index contributed by atoms with van der Waals surface area (Å²) in [5.74, 6) is -1.37. The molecule has 4 heterocycles. The second-order valence-electron chi connectivity index (χ2n) is 15.6. The number of carbonyl (C=O) groups is 4. The van der Waals surface area contributed by atoms with Gasteiger partial charge in [0.2, 0.25) is 11.8 Å². The minimum atomic E-state index is -1.92. The van der Waals surface area contributed by atoms with Crippen molar-refractivity contribution in [2.24, 2.45) is 5.92 Å². The van der Waals surface area contributed by atoms with Crippen LogP contribution in [0, 0.1) is 5.92 Å². The van der Waals surface area contributed by atoms with E-state index in [1.165, 1.54) is 31.1 Å². The average molecular weight is 778 g/mol. The van der Waals surface area contributed by atoms with Crippen LogP contribution < -0.4 is 15.0 Å². The van der Waals surface area contributed by atoms with Gasteiger partial charge in [0.05, 0.1) is 19.2 Å². The van der Waals surface area contributed by atoms with E-state index in [4.69, 9.17) is 35.3 Å². The van der Waals surface area contributed by atoms with Crippen molar-refractivity contribution < 1.29 is 48.0 Å². The molecule has 0 radical (unpaired) electrons. The molecule has 2 N–H and O–H groups in total. The fraction of sp³-hybridized carbons (Fsp3) is 0.632. The first-order valence-electron chi connectivity index (χ1n) is 17.7. The number of anilines is 1. The third-order valence-corrected chi connectivity index (χ3v) is 12.5. The number of alkyl carbamates (subject to hydrolysis) is 1. The number of rotatable bonds is 6. The predicted molar refractivity (Wildman–Crippen MR) is 201 cm³/mol. The zero-order valence-corrected chi connectivity index (χ0v) is 33.7. The van der Waals surface area contributed by atoms with Crippen LogP contribution in [0.4, 0.5) is 10.5 Å². The van der Waals surface area contributed by atoms with Crippen molar-refractivity contribution in [3.05, 3.63) is 46.5 Å². The lowest BCUT2D eigenvalue weighted by Crippen LogP contribution is -2.68. The Bertz CT molecular complexity index is 1700. The van der Waals surface area contributed by atoms with Crippen LogP contribution in [0.1, 0.15) is 66.4 Å². The van der Waals surface area contributed by atoms with Crippen molar-refractivity contribution in [3.8, 4) is 5.75 Å². The molecular weight excluding hydrogens is 726 g/mol. The molecule has 53 heavy (non-hydrogen) atoms. The summed E-state index contributed by atoms with van der Waals surface area (Å²) >= 11 is 8.38. The number of carbonyl (C=O) groups excluding carboxylic acids is 4. The lowest BCUT2D eigenvalue weighted by molar-refractivity contribution is -0.174. The van der Waals surface area contributed by atoms with Crippen molar-refractivity contribution in [1.82, 2.24) is 10.2 Å². The molecule has 292 valence electrons. The van der Waals surface area contributed by atoms with E-state index in [9.17, 15) is 24.3 Å². The fourth-order valence-electron chi connectivity index (χ4n) is 7.89. The Hall–Kier alpha value is -3.30. The maximum Gasteiger partial charge on any atom is 0.409 e. The van der Waals surface area contributed by atoms with Gasteiger partial charge in [0.25, 0.3) is 0 Å². The molecule has 6 bridgehead atoms. The summed E-state index contributed by atoms with van der Waals surface area (Å²) in [6.45, 7) is 11.6. The summed E-state index contributed by atoms with van der Waals surface area (Å²) in [5.41, 5.74) is -2.55. The molecule has 0 spiro atoms. The molecule has 4 aliphatic rings. The zero-order valence-electron chi connectivity index (χ0n) is 32.1. The maximum atomic E-state index is 14.2. The van der Waals surface area contributed by atoms with Crippen LogP contribution in [0.5, 0.6) is 5.75 Å². The largest absolute Gasteiger partial charge is 0.495 e. The third kappa shape index (κ3) is 7.80. The molecule has 15 heteroatoms. The molecule has 3 fully saturated rings. The number of fused-ring (bicyclic) bond motifs is 4. The van der Waals surface area contributed by atoms with Crippen LogP contribution in [0.15, 0.2) is 35.9 Å². The topological polar surface area (TPSA) is 156 Å². The normalized spacial score (nSPS) is 34.8. The number of allylic oxidation sites excluding steroid dienone is 3. The summed E-state index contributed by atoms with van der Waals surface area (Å²) in [4.78, 5) is 57.9. The number of amides is 3. The van der Waals surface area contributed by atoms with E-state index >= 15 is 0 Å². The van der Waals surface area contributed by atoms with E-state index < -0.39 is 65.2 Å². The van der Waals surface area contributed by atoms with Gasteiger partial charge in [0.1, 0.15) is 40.3 Å². The molecule has 4 aliphatic heterocycles. The van der Waals surface area contributed by atoms with Crippen molar-refractivity contribution in [1.29, 1.82) is 0 Å². The number of esters is 1. The highest BCUT2D eigenvalue weighted by atomic mass is 35.5. The van der Waals surface area contributed by atoms with Gasteiger partial charge in [-0.25, -0.2) is 9.59 Å². The molecule has 1 aromatic carbocycles. The minimum Gasteiger partial charge on any atom is -0.495 e. The number of halogens is 1. The molecule has 0 saturated carbocycles. The molecule has 1 aromatic rings. The molecule has 3 unspecified atom stereocenters. The van der Waals surface area contributed by atoms with Gasteiger partial charge < -0.3 is 38.6 Å². The SMILES string of the molecule is COc1cc2cc(c1Cl)N(C)C(=O)C[C@@H]1OC(=O)[C@@H](N(C)C(=O)CCSC(C)(C)C)[C@]3(O[C@@]13C)[C@H](C)C1CC(O)(NC(=O)O1)C(OC)/C=C/C=C(\C)C2. The van der Waals surface area contributed by atoms with Gasteiger partial charge >= 0.3 is 12.1 Å². The zero-order chi connectivity index (χ0) is 39.3. The number of benzene rings is 1. The van der Waals surface area contributed by atoms with Gasteiger partial charge in [-0.1, -0.05) is 63.1 Å². The van der Waals surface area contributed by atoms with Gasteiger partial charge in [0.15, 0.2) is 11.8 Å². The summed E-state index contributed by atoms with van der Waals surface area (Å²) < 4.78 is 29.7. The smallest absolute Gasteiger partial charge is 0.409 e. The van der Waals surface area contributed by atoms with Crippen LogP contribution in [0.2, 0.25) is 5.02 Å². The quantitative estimate of drug-likeness (QED) is 0.302.